The van der Waals surface area contributed by atoms with Gasteiger partial charge in [-0.3, -0.25) is 9.59 Å². The Labute approximate surface area is 135 Å². The van der Waals surface area contributed by atoms with Crippen LogP contribution in [0, 0.1) is 0 Å². The molecule has 1 fully saturated rings. The first-order valence-electron chi connectivity index (χ1n) is 7.83. The van der Waals surface area contributed by atoms with Gasteiger partial charge in [0.15, 0.2) is 12.0 Å². The third-order valence-corrected chi connectivity index (χ3v) is 4.20. The first-order valence-corrected chi connectivity index (χ1v) is 7.83. The van der Waals surface area contributed by atoms with E-state index in [2.05, 4.69) is 17.0 Å². The summed E-state index contributed by atoms with van der Waals surface area (Å²) < 4.78 is 5.44. The summed E-state index contributed by atoms with van der Waals surface area (Å²) in [5.74, 6) is 1.17. The molecule has 120 valence electrons. The summed E-state index contributed by atoms with van der Waals surface area (Å²) in [6, 6.07) is 11.6. The minimum atomic E-state index is 0.144. The Morgan fingerprint density at radius 2 is 1.83 bits per heavy atom. The molecule has 1 aromatic carbocycles. The lowest BCUT2D eigenvalue weighted by Crippen LogP contribution is -2.33. The van der Waals surface area contributed by atoms with Crippen LogP contribution in [0.3, 0.4) is 0 Å². The van der Waals surface area contributed by atoms with Gasteiger partial charge in [-0.05, 0) is 42.8 Å². The fourth-order valence-corrected chi connectivity index (χ4v) is 2.90. The van der Waals surface area contributed by atoms with Crippen molar-refractivity contribution in [3.8, 4) is 11.3 Å². The molecule has 1 aliphatic rings. The molecular formula is C18H20N2O3. The quantitative estimate of drug-likeness (QED) is 0.818. The first-order chi connectivity index (χ1) is 11.2. The molecule has 3 rings (SSSR count). The van der Waals surface area contributed by atoms with Crippen molar-refractivity contribution in [2.75, 3.05) is 31.1 Å². The minimum absolute atomic E-state index is 0.144. The lowest BCUT2D eigenvalue weighted by Gasteiger charge is -2.23. The van der Waals surface area contributed by atoms with E-state index in [9.17, 15) is 9.59 Å². The monoisotopic (exact) mass is 312 g/mol. The SMILES string of the molecule is CC(=O)N1CCCN(c2ccc(-c3ccc(C=O)o3)cc2)CC1. The molecule has 0 aliphatic carbocycles. The van der Waals surface area contributed by atoms with Crippen LogP contribution in [0.25, 0.3) is 11.3 Å². The molecule has 0 unspecified atom stereocenters. The van der Waals surface area contributed by atoms with Gasteiger partial charge >= 0.3 is 0 Å². The van der Waals surface area contributed by atoms with Crippen molar-refractivity contribution in [3.05, 3.63) is 42.2 Å². The molecule has 0 atom stereocenters. The van der Waals surface area contributed by atoms with Crippen molar-refractivity contribution in [3.63, 3.8) is 0 Å². The number of furan rings is 1. The van der Waals surface area contributed by atoms with E-state index in [0.717, 1.165) is 43.9 Å². The molecule has 2 heterocycles. The molecule has 1 aromatic heterocycles. The summed E-state index contributed by atoms with van der Waals surface area (Å²) in [7, 11) is 0. The Morgan fingerprint density at radius 3 is 2.48 bits per heavy atom. The number of aldehydes is 1. The molecular weight excluding hydrogens is 292 g/mol. The van der Waals surface area contributed by atoms with Crippen LogP contribution in [0.1, 0.15) is 23.9 Å². The fourth-order valence-electron chi connectivity index (χ4n) is 2.90. The van der Waals surface area contributed by atoms with Crippen LogP contribution in [0.2, 0.25) is 0 Å². The molecule has 0 radical (unpaired) electrons. The van der Waals surface area contributed by atoms with Crippen molar-refractivity contribution in [2.45, 2.75) is 13.3 Å². The number of amides is 1. The molecule has 1 amide bonds. The minimum Gasteiger partial charge on any atom is -0.453 e. The van der Waals surface area contributed by atoms with Gasteiger partial charge in [-0.2, -0.15) is 0 Å². The van der Waals surface area contributed by atoms with Crippen molar-refractivity contribution >= 4 is 17.9 Å². The Kier molecular flexibility index (Phi) is 4.46. The molecule has 2 aromatic rings. The number of nitrogens with zero attached hydrogens (tertiary/aromatic N) is 2. The third-order valence-electron chi connectivity index (χ3n) is 4.20. The Bertz CT molecular complexity index is 691. The smallest absolute Gasteiger partial charge is 0.219 e. The van der Waals surface area contributed by atoms with Gasteiger partial charge in [0, 0.05) is 44.4 Å². The van der Waals surface area contributed by atoms with Gasteiger partial charge in [-0.25, -0.2) is 0 Å². The van der Waals surface area contributed by atoms with E-state index in [1.165, 1.54) is 0 Å². The standard InChI is InChI=1S/C18H20N2O3/c1-14(22)19-9-2-10-20(12-11-19)16-5-3-15(4-6-16)18-8-7-17(13-21)23-18/h3-8,13H,2,9-12H2,1H3. The van der Waals surface area contributed by atoms with Crippen LogP contribution in [-0.4, -0.2) is 43.3 Å². The van der Waals surface area contributed by atoms with Gasteiger partial charge in [-0.15, -0.1) is 0 Å². The maximum atomic E-state index is 11.5. The van der Waals surface area contributed by atoms with Gasteiger partial charge in [0.2, 0.25) is 5.91 Å². The van der Waals surface area contributed by atoms with Crippen molar-refractivity contribution < 1.29 is 14.0 Å². The normalized spacial score (nSPS) is 15.3. The lowest BCUT2D eigenvalue weighted by atomic mass is 10.1. The van der Waals surface area contributed by atoms with E-state index in [-0.39, 0.29) is 5.91 Å². The number of carbonyl (C=O) groups excluding carboxylic acids is 2. The van der Waals surface area contributed by atoms with E-state index in [1.807, 2.05) is 17.0 Å². The zero-order valence-electron chi connectivity index (χ0n) is 13.2. The lowest BCUT2D eigenvalue weighted by molar-refractivity contribution is -0.128. The first kappa shape index (κ1) is 15.3. The number of hydrogen-bond donors (Lipinski definition) is 0. The summed E-state index contributed by atoms with van der Waals surface area (Å²) in [4.78, 5) is 26.4. The maximum Gasteiger partial charge on any atom is 0.219 e. The molecule has 1 aliphatic heterocycles. The average Bonchev–Trinajstić information content (AvgIpc) is 2.91. The third kappa shape index (κ3) is 3.44. The van der Waals surface area contributed by atoms with Crippen LogP contribution < -0.4 is 4.90 Å². The molecule has 0 saturated carbocycles. The molecule has 0 bridgehead atoms. The Morgan fingerprint density at radius 1 is 1.04 bits per heavy atom. The summed E-state index contributed by atoms with van der Waals surface area (Å²) in [6.07, 6.45) is 1.68. The summed E-state index contributed by atoms with van der Waals surface area (Å²) in [5, 5.41) is 0. The molecule has 5 nitrogen and oxygen atoms in total. The molecule has 0 spiro atoms. The van der Waals surface area contributed by atoms with Crippen molar-refractivity contribution in [2.24, 2.45) is 0 Å². The predicted octanol–water partition coefficient (Wildman–Crippen LogP) is 2.82. The highest BCUT2D eigenvalue weighted by atomic mass is 16.3. The Hall–Kier alpha value is -2.56. The van der Waals surface area contributed by atoms with Crippen LogP contribution in [0.5, 0.6) is 0 Å². The molecule has 5 heteroatoms. The van der Waals surface area contributed by atoms with Crippen molar-refractivity contribution in [1.82, 2.24) is 4.90 Å². The zero-order chi connectivity index (χ0) is 16.2. The molecule has 23 heavy (non-hydrogen) atoms. The number of hydrogen-bond acceptors (Lipinski definition) is 4. The maximum absolute atomic E-state index is 11.5. The van der Waals surface area contributed by atoms with Gasteiger partial charge < -0.3 is 14.2 Å². The van der Waals surface area contributed by atoms with Crippen molar-refractivity contribution in [1.29, 1.82) is 0 Å². The number of anilines is 1. The van der Waals surface area contributed by atoms with Gasteiger partial charge in [0.05, 0.1) is 0 Å². The number of carbonyl (C=O) groups is 2. The second-order valence-corrected chi connectivity index (χ2v) is 5.71. The van der Waals surface area contributed by atoms with E-state index in [4.69, 9.17) is 4.42 Å². The van der Waals surface area contributed by atoms with Crippen LogP contribution in [0.4, 0.5) is 5.69 Å². The highest BCUT2D eigenvalue weighted by molar-refractivity contribution is 5.74. The molecule has 0 N–H and O–H groups in total. The summed E-state index contributed by atoms with van der Waals surface area (Å²) in [5.41, 5.74) is 2.09. The molecule has 1 saturated heterocycles. The zero-order valence-corrected chi connectivity index (χ0v) is 13.2. The second-order valence-electron chi connectivity index (χ2n) is 5.71. The number of benzene rings is 1. The number of rotatable bonds is 3. The largest absolute Gasteiger partial charge is 0.453 e. The highest BCUT2D eigenvalue weighted by Crippen LogP contribution is 2.25. The van der Waals surface area contributed by atoms with E-state index in [0.29, 0.717) is 17.8 Å². The van der Waals surface area contributed by atoms with Gasteiger partial charge in [0.1, 0.15) is 5.76 Å². The summed E-state index contributed by atoms with van der Waals surface area (Å²) >= 11 is 0. The Balaban J connectivity index is 1.71. The van der Waals surface area contributed by atoms with Gasteiger partial charge in [0.25, 0.3) is 0 Å². The van der Waals surface area contributed by atoms with Gasteiger partial charge in [-0.1, -0.05) is 0 Å². The van der Waals surface area contributed by atoms with E-state index >= 15 is 0 Å². The predicted molar refractivity (Wildman–Crippen MR) is 88.6 cm³/mol. The van der Waals surface area contributed by atoms with Crippen LogP contribution in [-0.2, 0) is 4.79 Å². The van der Waals surface area contributed by atoms with Crippen LogP contribution in [0.15, 0.2) is 40.8 Å². The van der Waals surface area contributed by atoms with E-state index in [1.54, 1.807) is 19.1 Å². The topological polar surface area (TPSA) is 53.8 Å². The fraction of sp³-hybridized carbons (Fsp3) is 0.333. The summed E-state index contributed by atoms with van der Waals surface area (Å²) in [6.45, 7) is 5.00. The van der Waals surface area contributed by atoms with Crippen LogP contribution >= 0.6 is 0 Å². The highest BCUT2D eigenvalue weighted by Gasteiger charge is 2.16. The average molecular weight is 312 g/mol. The second kappa shape index (κ2) is 6.69. The van der Waals surface area contributed by atoms with E-state index < -0.39 is 0 Å².